The summed E-state index contributed by atoms with van der Waals surface area (Å²) >= 11 is 0. The summed E-state index contributed by atoms with van der Waals surface area (Å²) in [6, 6.07) is 14.2. The van der Waals surface area contributed by atoms with Gasteiger partial charge in [-0.1, -0.05) is 103 Å². The number of ether oxygens (including phenoxy) is 3. The van der Waals surface area contributed by atoms with Crippen LogP contribution in [0.4, 0.5) is 26.5 Å². The SMILES string of the molecule is CCCCCCOc1cc(OCCCCCC)c(-c2ccc(CF)cc2)c(OCCCCCC)c1.FOc1ccc2c(F)c(F)c(F)c(F)c2c1. The van der Waals surface area contributed by atoms with Gasteiger partial charge in [0.15, 0.2) is 29.0 Å². The van der Waals surface area contributed by atoms with Crippen molar-refractivity contribution in [1.29, 1.82) is 0 Å². The maximum atomic E-state index is 13.2. The van der Waals surface area contributed by atoms with Crippen molar-refractivity contribution in [3.05, 3.63) is 83.4 Å². The minimum atomic E-state index is -1.94. The number of hydrogen-bond donors (Lipinski definition) is 0. The topological polar surface area (TPSA) is 36.9 Å². The third-order valence-electron chi connectivity index (χ3n) is 8.35. The van der Waals surface area contributed by atoms with E-state index in [4.69, 9.17) is 14.2 Å². The summed E-state index contributed by atoms with van der Waals surface area (Å²) in [4.78, 5) is 3.28. The average molecular weight is 721 g/mol. The van der Waals surface area contributed by atoms with Crippen LogP contribution in [0, 0.1) is 23.3 Å². The second kappa shape index (κ2) is 22.7. The van der Waals surface area contributed by atoms with Gasteiger partial charge < -0.3 is 14.2 Å². The Morgan fingerprint density at radius 1 is 0.490 bits per heavy atom. The minimum absolute atomic E-state index is 0.434. The average Bonchev–Trinajstić information content (AvgIpc) is 3.16. The van der Waals surface area contributed by atoms with E-state index >= 15 is 0 Å². The van der Waals surface area contributed by atoms with E-state index in [1.165, 1.54) is 44.9 Å². The Morgan fingerprint density at radius 2 is 0.980 bits per heavy atom. The number of halogens is 6. The van der Waals surface area contributed by atoms with E-state index in [1.54, 1.807) is 0 Å². The first kappa shape index (κ1) is 41.3. The van der Waals surface area contributed by atoms with E-state index in [0.717, 1.165) is 78.7 Å². The molecule has 0 aliphatic carbocycles. The van der Waals surface area contributed by atoms with Crippen LogP contribution in [0.1, 0.15) is 103 Å². The van der Waals surface area contributed by atoms with Gasteiger partial charge in [-0.05, 0) is 48.6 Å². The highest BCUT2D eigenvalue weighted by Crippen LogP contribution is 2.42. The summed E-state index contributed by atoms with van der Waals surface area (Å²) in [7, 11) is 0. The molecule has 0 aliphatic heterocycles. The molecule has 0 fully saturated rings. The van der Waals surface area contributed by atoms with Crippen LogP contribution in [-0.4, -0.2) is 19.8 Å². The molecule has 0 saturated carbocycles. The highest BCUT2D eigenvalue weighted by atomic mass is 19.3. The Hall–Kier alpha value is -4.08. The van der Waals surface area contributed by atoms with E-state index in [2.05, 4.69) is 25.7 Å². The summed E-state index contributed by atoms with van der Waals surface area (Å²) in [6.45, 7) is 8.19. The van der Waals surface area contributed by atoms with Crippen LogP contribution < -0.4 is 19.2 Å². The van der Waals surface area contributed by atoms with Gasteiger partial charge in [0, 0.05) is 27.4 Å². The maximum absolute atomic E-state index is 13.2. The zero-order valence-corrected chi connectivity index (χ0v) is 29.9. The highest BCUT2D eigenvalue weighted by molar-refractivity contribution is 5.85. The number of alkyl halides is 1. The predicted molar refractivity (Wildman–Crippen MR) is 191 cm³/mol. The van der Waals surface area contributed by atoms with Crippen molar-refractivity contribution in [3.63, 3.8) is 0 Å². The van der Waals surface area contributed by atoms with Gasteiger partial charge in [0.1, 0.15) is 23.9 Å². The maximum Gasteiger partial charge on any atom is 0.198 e. The molecule has 0 unspecified atom stereocenters. The predicted octanol–water partition coefficient (Wildman–Crippen LogP) is 13.4. The third-order valence-corrected chi connectivity index (χ3v) is 8.35. The minimum Gasteiger partial charge on any atom is -0.493 e. The Balaban J connectivity index is 0.000000362. The Bertz CT molecular complexity index is 1580. The molecule has 0 bridgehead atoms. The van der Waals surface area contributed by atoms with E-state index in [1.807, 2.05) is 36.4 Å². The molecule has 10 heteroatoms. The molecule has 280 valence electrons. The van der Waals surface area contributed by atoms with Crippen molar-refractivity contribution in [2.45, 2.75) is 104 Å². The van der Waals surface area contributed by atoms with Gasteiger partial charge in [0.2, 0.25) is 0 Å². The molecular weight excluding hydrogens is 670 g/mol. The largest absolute Gasteiger partial charge is 0.493 e. The first-order valence-electron chi connectivity index (χ1n) is 18.0. The molecule has 0 aromatic heterocycles. The summed E-state index contributed by atoms with van der Waals surface area (Å²) in [5.74, 6) is -5.05. The highest BCUT2D eigenvalue weighted by Gasteiger charge is 2.21. The van der Waals surface area contributed by atoms with Gasteiger partial charge in [-0.3, -0.25) is 4.94 Å². The molecule has 0 saturated heterocycles. The van der Waals surface area contributed by atoms with Crippen LogP contribution >= 0.6 is 0 Å². The molecule has 4 rings (SSSR count). The molecule has 0 heterocycles. The number of unbranched alkanes of at least 4 members (excludes halogenated alkanes) is 9. The molecule has 0 radical (unpaired) electrons. The van der Waals surface area contributed by atoms with E-state index < -0.39 is 46.5 Å². The lowest BCUT2D eigenvalue weighted by atomic mass is 10.0. The number of hydrogen-bond acceptors (Lipinski definition) is 4. The van der Waals surface area contributed by atoms with Crippen LogP contribution in [0.2, 0.25) is 0 Å². The molecule has 4 nitrogen and oxygen atoms in total. The molecule has 0 atom stereocenters. The summed E-state index contributed by atoms with van der Waals surface area (Å²) in [5, 5.41) is -1.08. The Morgan fingerprint density at radius 3 is 1.45 bits per heavy atom. The first-order chi connectivity index (χ1) is 24.8. The summed E-state index contributed by atoms with van der Waals surface area (Å²) in [5.41, 5.74) is 2.58. The van der Waals surface area contributed by atoms with Crippen LogP contribution in [0.25, 0.3) is 21.9 Å². The van der Waals surface area contributed by atoms with Gasteiger partial charge in [-0.25, -0.2) is 22.0 Å². The lowest BCUT2D eigenvalue weighted by molar-refractivity contribution is -0.00605. The smallest absolute Gasteiger partial charge is 0.198 e. The number of benzene rings is 4. The second-order valence-electron chi connectivity index (χ2n) is 12.4. The van der Waals surface area contributed by atoms with Crippen LogP contribution in [0.5, 0.6) is 23.0 Å². The summed E-state index contributed by atoms with van der Waals surface area (Å²) < 4.78 is 95.7. The second-order valence-corrected chi connectivity index (χ2v) is 12.4. The van der Waals surface area contributed by atoms with E-state index in [-0.39, 0.29) is 0 Å². The monoisotopic (exact) mass is 720 g/mol. The van der Waals surface area contributed by atoms with Crippen molar-refractivity contribution >= 4 is 10.8 Å². The molecule has 51 heavy (non-hydrogen) atoms. The third kappa shape index (κ3) is 12.6. The van der Waals surface area contributed by atoms with Gasteiger partial charge in [0.25, 0.3) is 0 Å². The van der Waals surface area contributed by atoms with Crippen LogP contribution in [-0.2, 0) is 6.67 Å². The van der Waals surface area contributed by atoms with Gasteiger partial charge in [-0.15, -0.1) is 0 Å². The summed E-state index contributed by atoms with van der Waals surface area (Å²) in [6.07, 6.45) is 13.8. The lowest BCUT2D eigenvalue weighted by Crippen LogP contribution is -2.05. The quantitative estimate of drug-likeness (QED) is 0.0372. The van der Waals surface area contributed by atoms with Crippen molar-refractivity contribution in [2.75, 3.05) is 19.8 Å². The van der Waals surface area contributed by atoms with Gasteiger partial charge in [0.05, 0.1) is 25.4 Å². The fourth-order valence-corrected chi connectivity index (χ4v) is 5.44. The fraction of sp³-hybridized carbons (Fsp3) is 0.463. The number of fused-ring (bicyclic) bond motifs is 1. The first-order valence-corrected chi connectivity index (χ1v) is 18.0. The molecule has 0 aliphatic rings. The zero-order chi connectivity index (χ0) is 37.0. The zero-order valence-electron chi connectivity index (χ0n) is 29.9. The van der Waals surface area contributed by atoms with Crippen molar-refractivity contribution < 1.29 is 45.6 Å². The molecule has 0 N–H and O–H groups in total. The van der Waals surface area contributed by atoms with Gasteiger partial charge >= 0.3 is 0 Å². The lowest BCUT2D eigenvalue weighted by Gasteiger charge is -2.19. The van der Waals surface area contributed by atoms with Crippen molar-refractivity contribution in [3.8, 4) is 34.1 Å². The molecule has 0 amide bonds. The van der Waals surface area contributed by atoms with E-state index in [0.29, 0.717) is 25.4 Å². The van der Waals surface area contributed by atoms with E-state index in [9.17, 15) is 26.5 Å². The molecular formula is C41H50F6O4. The molecule has 4 aromatic carbocycles. The van der Waals surface area contributed by atoms with Crippen molar-refractivity contribution in [1.82, 2.24) is 0 Å². The Labute approximate surface area is 298 Å². The number of rotatable bonds is 21. The molecule has 0 spiro atoms. The fourth-order valence-electron chi connectivity index (χ4n) is 5.44. The van der Waals surface area contributed by atoms with Crippen LogP contribution in [0.3, 0.4) is 0 Å². The molecule has 4 aromatic rings. The van der Waals surface area contributed by atoms with Crippen molar-refractivity contribution in [2.24, 2.45) is 0 Å². The van der Waals surface area contributed by atoms with Crippen LogP contribution in [0.15, 0.2) is 54.6 Å². The normalized spacial score (nSPS) is 10.9. The Kier molecular flexibility index (Phi) is 18.4. The van der Waals surface area contributed by atoms with Gasteiger partial charge in [-0.2, -0.15) is 0 Å². The standard InChI is InChI=1S/C31H47FO3.C10H3F5O/c1-4-7-10-13-20-33-28-23-29(34-21-14-11-8-5-2)31(27-18-16-26(25-32)17-19-27)30(24-28)35-22-15-12-9-6-3;11-7-5-2-1-4(16-15)3-6(5)8(12)10(14)9(7)13/h16-19,23-24H,4-15,20-22,25H2,1-3H3;1-3H.